The van der Waals surface area contributed by atoms with Crippen molar-refractivity contribution < 1.29 is 65.9 Å². The Bertz CT molecular complexity index is 4210. The van der Waals surface area contributed by atoms with Gasteiger partial charge in [0.15, 0.2) is 5.82 Å². The van der Waals surface area contributed by atoms with E-state index < -0.39 is 40.9 Å². The van der Waals surface area contributed by atoms with Gasteiger partial charge < -0.3 is 74.4 Å². The maximum atomic E-state index is 12.9. The highest BCUT2D eigenvalue weighted by Crippen LogP contribution is 2.52. The number of anilines is 9. The summed E-state index contributed by atoms with van der Waals surface area (Å²) in [4.78, 5) is 62.0. The smallest absolute Gasteiger partial charge is 0.401 e. The zero-order valence-electron chi connectivity index (χ0n) is 77.2. The van der Waals surface area contributed by atoms with Crippen LogP contribution in [0.5, 0.6) is 0 Å². The van der Waals surface area contributed by atoms with Crippen molar-refractivity contribution in [2.45, 2.75) is 301 Å². The van der Waals surface area contributed by atoms with Gasteiger partial charge in [-0.05, 0) is 272 Å². The summed E-state index contributed by atoms with van der Waals surface area (Å²) in [5, 5.41) is 25.4. The van der Waals surface area contributed by atoms with E-state index in [0.717, 1.165) is 238 Å². The van der Waals surface area contributed by atoms with Crippen LogP contribution in [0.2, 0.25) is 5.02 Å². The van der Waals surface area contributed by atoms with Crippen LogP contribution in [0.25, 0.3) is 0 Å². The first-order valence-electron chi connectivity index (χ1n) is 48.0. The lowest BCUT2D eigenvalue weighted by atomic mass is 9.65. The van der Waals surface area contributed by atoms with E-state index in [1.54, 1.807) is 6.20 Å². The molecule has 5 aromatic rings. The number of nitrogens with one attached hydrogen (secondary N) is 4. The van der Waals surface area contributed by atoms with Crippen molar-refractivity contribution in [2.24, 2.45) is 35.5 Å². The summed E-state index contributed by atoms with van der Waals surface area (Å²) in [7, 11) is 0. The standard InChI is InChI=1S/C27H40F3N3O3.C26H40N2O3.C24H32ClN3O2.C24H36N2O3/c1-20(2)17-33(23-8-14-35-15-9-23)25-5-4-21(26(36-19-34)10-3-11-26)16-24(25)31-22-6-12-32(13-7-22)18-27(28,29)30;1-20(2)18-28(23-11-15-30-16-12-23)25-10-9-21(26(31-19-29)13-6-14-26)17-24(25)27-22-7-4-3-5-8-22;1-16(2)14-28(15-17(3)4)22-21(27-20-8-6-19(25)7-9-20)12-18(13-26-22)24(23(29)30)10-5-11-24;1-18(2)16-26(21-8-12-28-13-9-21)23-7-6-20(24(29-17-27)10-3-11-24)14-22(23)25-15-19-4-5-19/h4-5,16,19-20,22-23,31H,3,6-15,17-18H2,1-2H3;9-10,17,19-20,22-23,27H,3-8,11-16,18H2,1-2H3;6-9,12-13,16-17,27H,5,10-11,14-15H2,1-4H3,(H,29,30);6-7,14,17-19,21,25H,3-5,8-13,15-16H2,1-2H3. The summed E-state index contributed by atoms with van der Waals surface area (Å²) in [6, 6.07) is 31.3. The SMILES string of the molecule is CC(C)CN(CC(C)C)c1ncc(C2(C(=O)O)CCC2)cc1Nc1ccc(Cl)cc1.CC(C)CN(c1ccc(C2(OC=O)CCC2)cc1NC1CCCCC1)C1CCOCC1.CC(C)CN(c1ccc(C2(OC=O)CCC2)cc1NC1CCN(CC(F)(F)F)CC1)C1CCOCC1.CC(C)CN(c1ccc(C2(OC=O)CCC2)cc1NCC1CC1)C1CCOCC1. The molecular formula is C101H148ClF3N10O11. The van der Waals surface area contributed by atoms with E-state index in [2.05, 4.69) is 165 Å². The number of benzene rings is 4. The molecule has 25 heteroatoms. The summed E-state index contributed by atoms with van der Waals surface area (Å²) in [5.41, 5.74) is 10.6. The highest BCUT2D eigenvalue weighted by atomic mass is 35.5. The van der Waals surface area contributed by atoms with Crippen LogP contribution in [0.3, 0.4) is 0 Å². The number of aromatic nitrogens is 1. The lowest BCUT2D eigenvalue weighted by Gasteiger charge is -2.42. The number of halogens is 4. The van der Waals surface area contributed by atoms with Gasteiger partial charge in [-0.3, -0.25) is 24.1 Å². The quantitative estimate of drug-likeness (QED) is 0.0183. The van der Waals surface area contributed by atoms with Crippen LogP contribution in [0.15, 0.2) is 91.1 Å². The highest BCUT2D eigenvalue weighted by molar-refractivity contribution is 6.30. The molecule has 21 nitrogen and oxygen atoms in total. The second-order valence-corrected chi connectivity index (χ2v) is 40.3. The van der Waals surface area contributed by atoms with E-state index in [0.29, 0.717) is 117 Å². The number of carboxylic acids is 1. The van der Waals surface area contributed by atoms with Gasteiger partial charge in [0, 0.05) is 139 Å². The minimum atomic E-state index is -4.17. The zero-order chi connectivity index (χ0) is 89.6. The van der Waals surface area contributed by atoms with Crippen LogP contribution in [-0.4, -0.2) is 175 Å². The maximum absolute atomic E-state index is 12.9. The summed E-state index contributed by atoms with van der Waals surface area (Å²) in [6.45, 7) is 34.8. The van der Waals surface area contributed by atoms with Crippen LogP contribution >= 0.6 is 11.6 Å². The summed E-state index contributed by atoms with van der Waals surface area (Å²) < 4.78 is 72.3. The van der Waals surface area contributed by atoms with Crippen molar-refractivity contribution in [3.63, 3.8) is 0 Å². The first kappa shape index (κ1) is 97.3. The second kappa shape index (κ2) is 45.7. The van der Waals surface area contributed by atoms with Gasteiger partial charge in [0.25, 0.3) is 19.4 Å². The van der Waals surface area contributed by atoms with E-state index in [1.807, 2.05) is 30.3 Å². The van der Waals surface area contributed by atoms with Crippen LogP contribution in [0.4, 0.5) is 64.5 Å². The Morgan fingerprint density at radius 1 is 0.492 bits per heavy atom. The minimum Gasteiger partial charge on any atom is -0.481 e. The maximum Gasteiger partial charge on any atom is 0.401 e. The predicted molar refractivity (Wildman–Crippen MR) is 500 cm³/mol. The Kier molecular flexibility index (Phi) is 35.3. The Labute approximate surface area is 754 Å². The highest BCUT2D eigenvalue weighted by Gasteiger charge is 2.48. The molecular weight excluding hydrogens is 1620 g/mol. The molecule has 0 amide bonds. The fourth-order valence-corrected chi connectivity index (χ4v) is 20.2. The number of aliphatic carboxylic acids is 1. The van der Waals surface area contributed by atoms with Gasteiger partial charge in [0.05, 0.1) is 51.8 Å². The zero-order valence-corrected chi connectivity index (χ0v) is 77.9. The molecule has 5 N–H and O–H groups in total. The number of piperidine rings is 1. The molecule has 0 atom stereocenters. The molecule has 10 fully saturated rings. The number of likely N-dealkylation sites (tertiary alicyclic amines) is 1. The number of pyridine rings is 1. The van der Waals surface area contributed by atoms with Crippen LogP contribution in [0, 0.1) is 35.5 Å². The largest absolute Gasteiger partial charge is 0.481 e. The van der Waals surface area contributed by atoms with Crippen LogP contribution in [0.1, 0.15) is 265 Å². The molecule has 4 saturated heterocycles. The first-order chi connectivity index (χ1) is 60.6. The van der Waals surface area contributed by atoms with Crippen LogP contribution in [-0.2, 0) is 69.8 Å². The monoisotopic (exact) mass is 1770 g/mol. The van der Waals surface area contributed by atoms with Crippen molar-refractivity contribution in [3.05, 3.63) is 118 Å². The van der Waals surface area contributed by atoms with Gasteiger partial charge in [0.2, 0.25) is 0 Å². The van der Waals surface area contributed by atoms with Crippen molar-refractivity contribution in [2.75, 3.05) is 139 Å². The van der Waals surface area contributed by atoms with E-state index in [4.69, 9.17) is 45.0 Å². The van der Waals surface area contributed by atoms with Crippen molar-refractivity contribution in [1.29, 1.82) is 0 Å². The molecule has 0 radical (unpaired) electrons. The van der Waals surface area contributed by atoms with E-state index in [9.17, 15) is 37.5 Å². The Morgan fingerprint density at radius 3 is 1.22 bits per heavy atom. The number of rotatable bonds is 38. The Morgan fingerprint density at radius 2 is 0.873 bits per heavy atom. The fraction of sp³-hybridized carbons (Fsp3) is 0.673. The van der Waals surface area contributed by atoms with Crippen molar-refractivity contribution in [3.8, 4) is 0 Å². The normalized spacial score (nSPS) is 20.2. The minimum absolute atomic E-state index is 0.0865. The van der Waals surface area contributed by atoms with Gasteiger partial charge in [-0.1, -0.05) is 125 Å². The number of carboxylic acid groups (broad SMARTS) is 1. The first-order valence-corrected chi connectivity index (χ1v) is 48.4. The molecule has 4 aromatic carbocycles. The Hall–Kier alpha value is -7.77. The third-order valence-corrected chi connectivity index (χ3v) is 27.9. The van der Waals surface area contributed by atoms with Crippen molar-refractivity contribution >= 4 is 88.3 Å². The van der Waals surface area contributed by atoms with E-state index in [1.165, 1.54) is 72.6 Å². The van der Waals surface area contributed by atoms with E-state index >= 15 is 0 Å². The number of carbonyl (C=O) groups excluding carboxylic acids is 3. The third kappa shape index (κ3) is 26.1. The predicted octanol–water partition coefficient (Wildman–Crippen LogP) is 21.7. The molecule has 15 rings (SSSR count). The van der Waals surface area contributed by atoms with Gasteiger partial charge in [-0.15, -0.1) is 0 Å². The van der Waals surface area contributed by atoms with Gasteiger partial charge in [-0.2, -0.15) is 13.2 Å². The molecule has 0 spiro atoms. The van der Waals surface area contributed by atoms with Crippen LogP contribution < -0.4 is 40.9 Å². The van der Waals surface area contributed by atoms with Gasteiger partial charge in [-0.25, -0.2) is 4.98 Å². The molecule has 1 aromatic heterocycles. The number of hydrogen-bond acceptors (Lipinski definition) is 20. The molecule has 0 unspecified atom stereocenters. The summed E-state index contributed by atoms with van der Waals surface area (Å²) in [5.74, 6) is 3.49. The summed E-state index contributed by atoms with van der Waals surface area (Å²) in [6.07, 6.45) is 25.0. The number of ether oxygens (including phenoxy) is 6. The Balaban J connectivity index is 0.000000153. The lowest BCUT2D eigenvalue weighted by molar-refractivity contribution is -0.156. The second-order valence-electron chi connectivity index (χ2n) is 39.8. The average Bonchev–Trinajstić information content (AvgIpc) is 0.782. The molecule has 0 bridgehead atoms. The third-order valence-electron chi connectivity index (χ3n) is 27.6. The van der Waals surface area contributed by atoms with E-state index in [-0.39, 0.29) is 6.04 Å². The van der Waals surface area contributed by atoms with Crippen molar-refractivity contribution in [1.82, 2.24) is 9.88 Å². The molecule has 696 valence electrons. The molecule has 126 heavy (non-hydrogen) atoms. The topological polar surface area (TPSA) is 221 Å². The molecule has 4 aliphatic heterocycles. The number of nitrogens with zero attached hydrogens (tertiary/aromatic N) is 6. The van der Waals surface area contributed by atoms with Gasteiger partial charge >= 0.3 is 12.1 Å². The number of carbonyl (C=O) groups is 4. The lowest BCUT2D eigenvalue weighted by Crippen LogP contribution is -2.44. The molecule has 6 aliphatic carbocycles. The average molecular weight is 1770 g/mol. The summed E-state index contributed by atoms with van der Waals surface area (Å²) >= 11 is 6.04. The molecule has 10 aliphatic rings. The van der Waals surface area contributed by atoms with Gasteiger partial charge in [0.1, 0.15) is 16.8 Å². The number of hydrogen-bond donors (Lipinski definition) is 5. The molecule has 5 heterocycles. The fourth-order valence-electron chi connectivity index (χ4n) is 20.1. The number of alkyl halides is 3. The molecule has 6 saturated carbocycles.